The molecule has 5 rings (SSSR count). The van der Waals surface area contributed by atoms with Crippen molar-refractivity contribution in [2.24, 2.45) is 0 Å². The van der Waals surface area contributed by atoms with Crippen molar-refractivity contribution in [1.82, 2.24) is 14.9 Å². The minimum absolute atomic E-state index is 0.230. The molecule has 2 N–H and O–H groups in total. The van der Waals surface area contributed by atoms with Crippen LogP contribution in [0, 0.1) is 6.92 Å². The van der Waals surface area contributed by atoms with Gasteiger partial charge in [-0.05, 0) is 79.3 Å². The van der Waals surface area contributed by atoms with Crippen LogP contribution < -0.4 is 19.7 Å². The number of methoxy groups -OCH3 is 1. The van der Waals surface area contributed by atoms with Gasteiger partial charge in [-0.1, -0.05) is 18.2 Å². The van der Waals surface area contributed by atoms with Crippen LogP contribution in [0.5, 0.6) is 5.75 Å². The lowest BCUT2D eigenvalue weighted by molar-refractivity contribution is 0.412. The molecule has 0 unspecified atom stereocenters. The van der Waals surface area contributed by atoms with E-state index in [-0.39, 0.29) is 12.1 Å². The molecular weight excluding hydrogens is 506 g/mol. The normalized spacial score (nSPS) is 17.5. The second kappa shape index (κ2) is 9.87. The molecule has 0 bridgehead atoms. The van der Waals surface area contributed by atoms with Crippen molar-refractivity contribution in [3.05, 3.63) is 102 Å². The van der Waals surface area contributed by atoms with Crippen LogP contribution in [0.3, 0.4) is 0 Å². The molecule has 0 saturated carbocycles. The number of benzene rings is 2. The zero-order valence-electron chi connectivity index (χ0n) is 20.6. The highest BCUT2D eigenvalue weighted by Gasteiger charge is 2.42. The number of thiocarbonyl (C=S) groups is 1. The zero-order chi connectivity index (χ0) is 26.2. The van der Waals surface area contributed by atoms with Crippen molar-refractivity contribution < 1.29 is 13.2 Å². The lowest BCUT2D eigenvalue weighted by Crippen LogP contribution is -2.30. The maximum atomic E-state index is 11.8. The maximum absolute atomic E-state index is 11.8. The minimum atomic E-state index is -3.40. The second-order valence-corrected chi connectivity index (χ2v) is 11.0. The molecule has 37 heavy (non-hydrogen) atoms. The summed E-state index contributed by atoms with van der Waals surface area (Å²) in [6, 6.07) is 22.9. The van der Waals surface area contributed by atoms with Crippen LogP contribution in [0.1, 0.15) is 29.0 Å². The first-order valence-electron chi connectivity index (χ1n) is 11.7. The number of para-hydroxylation sites is 2. The molecule has 0 radical (unpaired) electrons. The van der Waals surface area contributed by atoms with Gasteiger partial charge in [-0.15, -0.1) is 0 Å². The third-order valence-electron chi connectivity index (χ3n) is 6.31. The summed E-state index contributed by atoms with van der Waals surface area (Å²) < 4.78 is 33.9. The largest absolute Gasteiger partial charge is 0.495 e. The monoisotopic (exact) mass is 533 g/mol. The highest BCUT2D eigenvalue weighted by Crippen LogP contribution is 2.43. The van der Waals surface area contributed by atoms with E-state index < -0.39 is 10.0 Å². The van der Waals surface area contributed by atoms with E-state index in [1.165, 1.54) is 0 Å². The van der Waals surface area contributed by atoms with Gasteiger partial charge in [-0.2, -0.15) is 0 Å². The van der Waals surface area contributed by atoms with Gasteiger partial charge in [0.2, 0.25) is 10.0 Å². The Bertz CT molecular complexity index is 1550. The number of hydrogen-bond donors (Lipinski definition) is 2. The number of anilines is 2. The van der Waals surface area contributed by atoms with E-state index in [0.29, 0.717) is 10.8 Å². The highest BCUT2D eigenvalue weighted by molar-refractivity contribution is 7.92. The topological polar surface area (TPSA) is 88.5 Å². The number of aromatic nitrogens is 2. The molecule has 2 atom stereocenters. The Morgan fingerprint density at radius 1 is 1.05 bits per heavy atom. The van der Waals surface area contributed by atoms with Crippen molar-refractivity contribution in [3.8, 4) is 11.4 Å². The van der Waals surface area contributed by atoms with E-state index in [1.54, 1.807) is 19.4 Å². The van der Waals surface area contributed by atoms with Gasteiger partial charge < -0.3 is 19.5 Å². The zero-order valence-corrected chi connectivity index (χ0v) is 22.3. The third kappa shape index (κ3) is 4.90. The predicted octanol–water partition coefficient (Wildman–Crippen LogP) is 4.74. The molecule has 8 nitrogen and oxygen atoms in total. The molecule has 1 saturated heterocycles. The summed E-state index contributed by atoms with van der Waals surface area (Å²) in [5.74, 6) is 0.751. The molecular formula is C27H27N5O3S2. The fourth-order valence-corrected chi connectivity index (χ4v) is 5.70. The van der Waals surface area contributed by atoms with Crippen LogP contribution in [0.15, 0.2) is 85.2 Å². The smallest absolute Gasteiger partial charge is 0.229 e. The van der Waals surface area contributed by atoms with E-state index >= 15 is 0 Å². The van der Waals surface area contributed by atoms with Gasteiger partial charge in [0, 0.05) is 23.8 Å². The number of aryl methyl sites for hydroxylation is 1. The van der Waals surface area contributed by atoms with Gasteiger partial charge in [0.1, 0.15) is 11.8 Å². The van der Waals surface area contributed by atoms with E-state index in [0.717, 1.165) is 40.3 Å². The molecule has 4 aromatic rings. The molecule has 0 aliphatic carbocycles. The molecule has 2 aromatic carbocycles. The van der Waals surface area contributed by atoms with Crippen molar-refractivity contribution in [1.29, 1.82) is 0 Å². The first kappa shape index (κ1) is 24.8. The van der Waals surface area contributed by atoms with Crippen LogP contribution in [-0.4, -0.2) is 36.4 Å². The SMILES string of the molecule is COc1ccccc1-n1cccc1[C@H]1[C@@H](c2ccccn2)NC(=S)N1c1ccc(NS(C)(=O)=O)c(C)c1. The summed E-state index contributed by atoms with van der Waals surface area (Å²) in [5, 5.41) is 4.03. The molecule has 3 heterocycles. The summed E-state index contributed by atoms with van der Waals surface area (Å²) in [4.78, 5) is 6.69. The summed E-state index contributed by atoms with van der Waals surface area (Å²) in [6.07, 6.45) is 4.92. The predicted molar refractivity (Wildman–Crippen MR) is 150 cm³/mol. The highest BCUT2D eigenvalue weighted by atomic mass is 32.2. The number of pyridine rings is 1. The van der Waals surface area contributed by atoms with E-state index in [2.05, 4.69) is 30.6 Å². The van der Waals surface area contributed by atoms with Crippen molar-refractivity contribution in [3.63, 3.8) is 0 Å². The Kier molecular flexibility index (Phi) is 6.61. The summed E-state index contributed by atoms with van der Waals surface area (Å²) in [6.45, 7) is 1.87. The Labute approximate surface area is 222 Å². The Morgan fingerprint density at radius 3 is 2.54 bits per heavy atom. The number of rotatable bonds is 7. The third-order valence-corrected chi connectivity index (χ3v) is 7.21. The number of hydrogen-bond acceptors (Lipinski definition) is 5. The molecule has 0 amide bonds. The van der Waals surface area contributed by atoms with E-state index in [9.17, 15) is 8.42 Å². The maximum Gasteiger partial charge on any atom is 0.229 e. The number of sulfonamides is 1. The second-order valence-electron chi connectivity index (χ2n) is 8.84. The van der Waals surface area contributed by atoms with Gasteiger partial charge in [0.05, 0.1) is 36.5 Å². The van der Waals surface area contributed by atoms with Gasteiger partial charge >= 0.3 is 0 Å². The average Bonchev–Trinajstić information content (AvgIpc) is 3.49. The van der Waals surface area contributed by atoms with Crippen molar-refractivity contribution >= 4 is 38.7 Å². The number of ether oxygens (including phenoxy) is 1. The Balaban J connectivity index is 1.65. The van der Waals surface area contributed by atoms with Gasteiger partial charge in [0.25, 0.3) is 0 Å². The van der Waals surface area contributed by atoms with Crippen LogP contribution in [-0.2, 0) is 10.0 Å². The average molecular weight is 534 g/mol. The fraction of sp³-hybridized carbons (Fsp3) is 0.185. The van der Waals surface area contributed by atoms with Crippen LogP contribution in [0.2, 0.25) is 0 Å². The lowest BCUT2D eigenvalue weighted by atomic mass is 10.00. The Hall–Kier alpha value is -3.89. The standard InChI is InChI=1S/C27H27N5O3S2/c1-18-17-19(13-14-20(18)30-37(3,33)34)32-26(25(29-27(32)36)21-9-6-7-15-28-21)23-11-8-16-31(23)22-10-4-5-12-24(22)35-2/h4-17,25-26,30H,1-3H3,(H,29,36)/t25-,26+/m1/s1. The van der Waals surface area contributed by atoms with Crippen molar-refractivity contribution in [2.75, 3.05) is 23.0 Å². The van der Waals surface area contributed by atoms with Crippen LogP contribution in [0.4, 0.5) is 11.4 Å². The van der Waals surface area contributed by atoms with E-state index in [4.69, 9.17) is 17.0 Å². The summed E-state index contributed by atoms with van der Waals surface area (Å²) in [7, 11) is -1.74. The first-order valence-corrected chi connectivity index (χ1v) is 14.0. The molecule has 190 valence electrons. The van der Waals surface area contributed by atoms with Gasteiger partial charge in [0.15, 0.2) is 5.11 Å². The molecule has 1 fully saturated rings. The van der Waals surface area contributed by atoms with Crippen LogP contribution >= 0.6 is 12.2 Å². The van der Waals surface area contributed by atoms with Gasteiger partial charge in [-0.3, -0.25) is 9.71 Å². The van der Waals surface area contributed by atoms with Crippen molar-refractivity contribution in [2.45, 2.75) is 19.0 Å². The lowest BCUT2D eigenvalue weighted by Gasteiger charge is -2.29. The molecule has 10 heteroatoms. The van der Waals surface area contributed by atoms with Gasteiger partial charge in [-0.25, -0.2) is 8.42 Å². The van der Waals surface area contributed by atoms with E-state index in [1.807, 2.05) is 73.8 Å². The molecule has 2 aromatic heterocycles. The number of nitrogens with one attached hydrogen (secondary N) is 2. The number of nitrogens with zero attached hydrogens (tertiary/aromatic N) is 3. The Morgan fingerprint density at radius 2 is 1.84 bits per heavy atom. The molecule has 1 aliphatic heterocycles. The summed E-state index contributed by atoms with van der Waals surface area (Å²) >= 11 is 5.86. The molecule has 1 aliphatic rings. The quantitative estimate of drug-likeness (QED) is 0.332. The van der Waals surface area contributed by atoms with Crippen LogP contribution in [0.25, 0.3) is 5.69 Å². The summed E-state index contributed by atoms with van der Waals surface area (Å²) in [5.41, 5.74) is 4.91. The minimum Gasteiger partial charge on any atom is -0.495 e. The molecule has 0 spiro atoms. The fourth-order valence-electron chi connectivity index (χ4n) is 4.73. The first-order chi connectivity index (χ1) is 17.8.